The highest BCUT2D eigenvalue weighted by molar-refractivity contribution is 5.85. The van der Waals surface area contributed by atoms with Crippen LogP contribution in [0.2, 0.25) is 0 Å². The van der Waals surface area contributed by atoms with Crippen molar-refractivity contribution in [3.8, 4) is 11.1 Å². The van der Waals surface area contributed by atoms with Crippen LogP contribution in [0.5, 0.6) is 0 Å². The second-order valence-corrected chi connectivity index (χ2v) is 5.25. The Bertz CT molecular complexity index is 657. The Morgan fingerprint density at radius 3 is 2.71 bits per heavy atom. The largest absolute Gasteiger partial charge is 0.397 e. The van der Waals surface area contributed by atoms with Crippen LogP contribution in [-0.4, -0.2) is 42.5 Å². The first-order valence-electron chi connectivity index (χ1n) is 6.94. The van der Waals surface area contributed by atoms with Gasteiger partial charge in [0.2, 0.25) is 5.91 Å². The number of nitrogens with zero attached hydrogens (tertiary/aromatic N) is 3. The average molecular weight is 282 g/mol. The number of aromatic nitrogens is 1. The molecule has 0 saturated carbocycles. The lowest BCUT2D eigenvalue weighted by Gasteiger charge is -2.34. The standard InChI is InChI=1S/C16H18N4O/c1-19-7-8-20(11-16(19)21)15-5-4-12(9-14(15)17)13-3-2-6-18-10-13/h2-6,9-10H,7-8,11,17H2,1H3. The number of benzene rings is 1. The number of hydrogen-bond acceptors (Lipinski definition) is 4. The molecule has 1 aliphatic heterocycles. The molecule has 1 saturated heterocycles. The van der Waals surface area contributed by atoms with E-state index in [1.807, 2.05) is 48.5 Å². The predicted octanol–water partition coefficient (Wildman–Crippen LogP) is 1.61. The van der Waals surface area contributed by atoms with Gasteiger partial charge in [-0.3, -0.25) is 9.78 Å². The van der Waals surface area contributed by atoms with Crippen molar-refractivity contribution in [1.82, 2.24) is 9.88 Å². The zero-order valence-electron chi connectivity index (χ0n) is 12.0. The molecule has 0 aliphatic carbocycles. The lowest BCUT2D eigenvalue weighted by atomic mass is 10.1. The molecule has 5 heteroatoms. The van der Waals surface area contributed by atoms with Gasteiger partial charge in [-0.05, 0) is 23.8 Å². The van der Waals surface area contributed by atoms with Crippen molar-refractivity contribution >= 4 is 17.3 Å². The van der Waals surface area contributed by atoms with Gasteiger partial charge < -0.3 is 15.5 Å². The Hall–Kier alpha value is -2.56. The Morgan fingerprint density at radius 1 is 1.19 bits per heavy atom. The number of carbonyl (C=O) groups excluding carboxylic acids is 1. The van der Waals surface area contributed by atoms with Crippen LogP contribution in [0.4, 0.5) is 11.4 Å². The van der Waals surface area contributed by atoms with E-state index >= 15 is 0 Å². The fraction of sp³-hybridized carbons (Fsp3) is 0.250. The number of likely N-dealkylation sites (N-methyl/N-ethyl adjacent to an activating group) is 1. The van der Waals surface area contributed by atoms with Gasteiger partial charge in [0, 0.05) is 38.1 Å². The van der Waals surface area contributed by atoms with E-state index in [-0.39, 0.29) is 5.91 Å². The molecule has 2 aromatic rings. The van der Waals surface area contributed by atoms with Crippen molar-refractivity contribution in [2.24, 2.45) is 0 Å². The third kappa shape index (κ3) is 2.67. The monoisotopic (exact) mass is 282 g/mol. The molecule has 21 heavy (non-hydrogen) atoms. The Kier molecular flexibility index (Phi) is 3.48. The summed E-state index contributed by atoms with van der Waals surface area (Å²) >= 11 is 0. The van der Waals surface area contributed by atoms with Crippen LogP contribution < -0.4 is 10.6 Å². The number of nitrogen functional groups attached to an aromatic ring is 1. The van der Waals surface area contributed by atoms with Crippen molar-refractivity contribution in [1.29, 1.82) is 0 Å². The topological polar surface area (TPSA) is 62.5 Å². The molecule has 1 aromatic carbocycles. The molecular weight excluding hydrogens is 264 g/mol. The first kappa shape index (κ1) is 13.4. The molecule has 0 unspecified atom stereocenters. The summed E-state index contributed by atoms with van der Waals surface area (Å²) in [5.41, 5.74) is 9.86. The smallest absolute Gasteiger partial charge is 0.241 e. The van der Waals surface area contributed by atoms with Gasteiger partial charge >= 0.3 is 0 Å². The maximum absolute atomic E-state index is 11.8. The van der Waals surface area contributed by atoms with Crippen molar-refractivity contribution in [3.63, 3.8) is 0 Å². The molecule has 0 bridgehead atoms. The van der Waals surface area contributed by atoms with E-state index < -0.39 is 0 Å². The van der Waals surface area contributed by atoms with Crippen LogP contribution in [0.3, 0.4) is 0 Å². The number of anilines is 2. The number of rotatable bonds is 2. The second-order valence-electron chi connectivity index (χ2n) is 5.25. The molecule has 0 radical (unpaired) electrons. The predicted molar refractivity (Wildman–Crippen MR) is 83.9 cm³/mol. The SMILES string of the molecule is CN1CCN(c2ccc(-c3cccnc3)cc2N)CC1=O. The molecule has 3 rings (SSSR count). The first-order valence-corrected chi connectivity index (χ1v) is 6.94. The fourth-order valence-electron chi connectivity index (χ4n) is 2.52. The van der Waals surface area contributed by atoms with Gasteiger partial charge in [0.15, 0.2) is 0 Å². The van der Waals surface area contributed by atoms with Crippen LogP contribution in [0.25, 0.3) is 11.1 Å². The lowest BCUT2D eigenvalue weighted by molar-refractivity contribution is -0.129. The minimum absolute atomic E-state index is 0.122. The summed E-state index contributed by atoms with van der Waals surface area (Å²) in [6.07, 6.45) is 3.56. The maximum Gasteiger partial charge on any atom is 0.241 e. The molecule has 0 atom stereocenters. The Morgan fingerprint density at radius 2 is 2.05 bits per heavy atom. The Balaban J connectivity index is 1.87. The zero-order valence-corrected chi connectivity index (χ0v) is 12.0. The fourth-order valence-corrected chi connectivity index (χ4v) is 2.52. The average Bonchev–Trinajstić information content (AvgIpc) is 2.51. The molecule has 2 N–H and O–H groups in total. The highest BCUT2D eigenvalue weighted by atomic mass is 16.2. The zero-order chi connectivity index (χ0) is 14.8. The highest BCUT2D eigenvalue weighted by Gasteiger charge is 2.22. The Labute approximate surface area is 124 Å². The first-order chi connectivity index (χ1) is 10.1. The van der Waals surface area contributed by atoms with Gasteiger partial charge in [-0.1, -0.05) is 12.1 Å². The van der Waals surface area contributed by atoms with E-state index in [0.717, 1.165) is 29.9 Å². The molecule has 5 nitrogen and oxygen atoms in total. The molecule has 1 aliphatic rings. The molecule has 0 spiro atoms. The summed E-state index contributed by atoms with van der Waals surface area (Å²) in [4.78, 5) is 19.7. The van der Waals surface area contributed by atoms with Gasteiger partial charge in [-0.15, -0.1) is 0 Å². The van der Waals surface area contributed by atoms with Crippen LogP contribution in [0.1, 0.15) is 0 Å². The van der Waals surface area contributed by atoms with Crippen molar-refractivity contribution in [2.75, 3.05) is 37.3 Å². The number of pyridine rings is 1. The van der Waals surface area contributed by atoms with Gasteiger partial charge in [0.1, 0.15) is 0 Å². The van der Waals surface area contributed by atoms with E-state index in [9.17, 15) is 4.79 Å². The summed E-state index contributed by atoms with van der Waals surface area (Å²) in [6.45, 7) is 1.91. The summed E-state index contributed by atoms with van der Waals surface area (Å²) in [6, 6.07) is 9.84. The van der Waals surface area contributed by atoms with E-state index in [2.05, 4.69) is 4.98 Å². The van der Waals surface area contributed by atoms with E-state index in [0.29, 0.717) is 12.2 Å². The highest BCUT2D eigenvalue weighted by Crippen LogP contribution is 2.29. The minimum atomic E-state index is 0.122. The maximum atomic E-state index is 11.8. The second kappa shape index (κ2) is 5.44. The summed E-state index contributed by atoms with van der Waals surface area (Å²) < 4.78 is 0. The number of nitrogens with two attached hydrogens (primary N) is 1. The summed E-state index contributed by atoms with van der Waals surface area (Å²) in [7, 11) is 1.83. The third-order valence-corrected chi connectivity index (χ3v) is 3.82. The van der Waals surface area contributed by atoms with Crippen LogP contribution in [-0.2, 0) is 4.79 Å². The van der Waals surface area contributed by atoms with Crippen LogP contribution in [0.15, 0.2) is 42.7 Å². The molecular formula is C16H18N4O. The van der Waals surface area contributed by atoms with Crippen LogP contribution >= 0.6 is 0 Å². The number of piperazine rings is 1. The summed E-state index contributed by atoms with van der Waals surface area (Å²) in [5, 5.41) is 0. The third-order valence-electron chi connectivity index (χ3n) is 3.82. The van der Waals surface area contributed by atoms with Crippen molar-refractivity contribution < 1.29 is 4.79 Å². The number of carbonyl (C=O) groups is 1. The van der Waals surface area contributed by atoms with Gasteiger partial charge in [-0.2, -0.15) is 0 Å². The van der Waals surface area contributed by atoms with E-state index in [4.69, 9.17) is 5.73 Å². The van der Waals surface area contributed by atoms with Crippen molar-refractivity contribution in [3.05, 3.63) is 42.7 Å². The van der Waals surface area contributed by atoms with Gasteiger partial charge in [-0.25, -0.2) is 0 Å². The van der Waals surface area contributed by atoms with Gasteiger partial charge in [0.25, 0.3) is 0 Å². The molecule has 1 amide bonds. The van der Waals surface area contributed by atoms with Crippen molar-refractivity contribution in [2.45, 2.75) is 0 Å². The summed E-state index contributed by atoms with van der Waals surface area (Å²) in [5.74, 6) is 0.122. The van der Waals surface area contributed by atoms with Gasteiger partial charge in [0.05, 0.1) is 17.9 Å². The molecule has 108 valence electrons. The normalized spacial score (nSPS) is 15.4. The molecule has 1 aromatic heterocycles. The van der Waals surface area contributed by atoms with E-state index in [1.54, 1.807) is 11.1 Å². The lowest BCUT2D eigenvalue weighted by Crippen LogP contribution is -2.48. The number of amides is 1. The molecule has 1 fully saturated rings. The quantitative estimate of drug-likeness (QED) is 0.850. The minimum Gasteiger partial charge on any atom is -0.397 e. The van der Waals surface area contributed by atoms with Crippen LogP contribution in [0, 0.1) is 0 Å². The molecule has 2 heterocycles. The van der Waals surface area contributed by atoms with E-state index in [1.165, 1.54) is 0 Å². The number of hydrogen-bond donors (Lipinski definition) is 1.